The molecule has 3 N–H and O–H groups in total. The molecule has 0 fully saturated rings. The summed E-state index contributed by atoms with van der Waals surface area (Å²) in [5.74, 6) is -0.433. The van der Waals surface area contributed by atoms with Crippen LogP contribution < -0.4 is 10.6 Å². The highest BCUT2D eigenvalue weighted by atomic mass is 16.2. The van der Waals surface area contributed by atoms with Gasteiger partial charge in [-0.15, -0.1) is 0 Å². The summed E-state index contributed by atoms with van der Waals surface area (Å²) in [5, 5.41) is 4.78. The van der Waals surface area contributed by atoms with E-state index >= 15 is 0 Å². The highest BCUT2D eigenvalue weighted by molar-refractivity contribution is 6.04. The molecule has 0 spiro atoms. The normalized spacial score (nSPS) is 9.78. The lowest BCUT2D eigenvalue weighted by Crippen LogP contribution is -2.39. The van der Waals surface area contributed by atoms with E-state index in [1.807, 2.05) is 0 Å². The molecule has 3 amide bonds. The number of H-pyrrole nitrogens is 1. The van der Waals surface area contributed by atoms with Crippen molar-refractivity contribution in [2.24, 2.45) is 0 Å². The molecule has 1 aromatic carbocycles. The lowest BCUT2D eigenvalue weighted by molar-refractivity contribution is 0.0964. The van der Waals surface area contributed by atoms with Crippen LogP contribution in [0.2, 0.25) is 0 Å². The van der Waals surface area contributed by atoms with E-state index in [4.69, 9.17) is 0 Å². The van der Waals surface area contributed by atoms with E-state index in [1.54, 1.807) is 36.5 Å². The van der Waals surface area contributed by atoms with Crippen molar-refractivity contribution in [3.63, 3.8) is 0 Å². The number of nitrogens with one attached hydrogen (secondary N) is 3. The highest BCUT2D eigenvalue weighted by Gasteiger charge is 2.09. The topological polar surface area (TPSA) is 86.9 Å². The number of hydrogen-bond acceptors (Lipinski definition) is 3. The van der Waals surface area contributed by atoms with E-state index < -0.39 is 11.9 Å². The molecule has 6 nitrogen and oxygen atoms in total. The minimum atomic E-state index is -0.543. The van der Waals surface area contributed by atoms with Gasteiger partial charge in [-0.05, 0) is 12.1 Å². The van der Waals surface area contributed by atoms with Crippen LogP contribution in [0.15, 0.2) is 42.9 Å². The lowest BCUT2D eigenvalue weighted by Gasteiger charge is -2.05. The van der Waals surface area contributed by atoms with Crippen molar-refractivity contribution in [1.29, 1.82) is 0 Å². The second-order valence-corrected chi connectivity index (χ2v) is 3.58. The number of rotatable bonds is 3. The largest absolute Gasteiger partial charge is 0.347 e. The molecule has 2 rings (SSSR count). The third-order valence-corrected chi connectivity index (χ3v) is 2.26. The molecule has 6 heteroatoms. The molecule has 0 radical (unpaired) electrons. The van der Waals surface area contributed by atoms with E-state index in [1.165, 1.54) is 6.33 Å². The van der Waals surface area contributed by atoms with Gasteiger partial charge in [-0.3, -0.25) is 10.1 Å². The number of nitrogens with zero attached hydrogens (tertiary/aromatic N) is 1. The van der Waals surface area contributed by atoms with Gasteiger partial charge in [-0.2, -0.15) is 0 Å². The van der Waals surface area contributed by atoms with Crippen molar-refractivity contribution in [3.8, 4) is 0 Å². The molecule has 18 heavy (non-hydrogen) atoms. The van der Waals surface area contributed by atoms with Gasteiger partial charge in [0.25, 0.3) is 5.91 Å². The number of benzene rings is 1. The third kappa shape index (κ3) is 3.18. The Hall–Kier alpha value is -2.63. The number of hydrogen-bond donors (Lipinski definition) is 3. The summed E-state index contributed by atoms with van der Waals surface area (Å²) in [5.41, 5.74) is 1.20. The van der Waals surface area contributed by atoms with Crippen LogP contribution in [-0.2, 0) is 6.54 Å². The maximum absolute atomic E-state index is 11.6. The maximum Gasteiger partial charge on any atom is 0.322 e. The minimum Gasteiger partial charge on any atom is -0.347 e. The van der Waals surface area contributed by atoms with E-state index in [0.29, 0.717) is 5.56 Å². The van der Waals surface area contributed by atoms with E-state index in [9.17, 15) is 9.59 Å². The monoisotopic (exact) mass is 244 g/mol. The smallest absolute Gasteiger partial charge is 0.322 e. The summed E-state index contributed by atoms with van der Waals surface area (Å²) in [6, 6.07) is 8.00. The summed E-state index contributed by atoms with van der Waals surface area (Å²) in [7, 11) is 0. The molecule has 0 atom stereocenters. The molecule has 0 aliphatic carbocycles. The number of imide groups is 1. The lowest BCUT2D eigenvalue weighted by atomic mass is 10.2. The first-order chi connectivity index (χ1) is 8.75. The first-order valence-corrected chi connectivity index (χ1v) is 5.37. The quantitative estimate of drug-likeness (QED) is 0.754. The molecule has 1 aromatic heterocycles. The molecular weight excluding hydrogens is 232 g/mol. The van der Waals surface area contributed by atoms with Gasteiger partial charge >= 0.3 is 6.03 Å². The molecule has 0 saturated heterocycles. The Morgan fingerprint density at radius 2 is 2.00 bits per heavy atom. The Balaban J connectivity index is 1.83. The van der Waals surface area contributed by atoms with Gasteiger partial charge in [-0.1, -0.05) is 18.2 Å². The molecule has 0 aliphatic rings. The standard InChI is InChI=1S/C12H12N4O2/c17-11(9-4-2-1-3-5-9)16-12(18)14-7-10-6-13-8-15-10/h1-6,8H,7H2,(H,13,15)(H2,14,16,17,18). The van der Waals surface area contributed by atoms with Crippen molar-refractivity contribution < 1.29 is 9.59 Å². The fraction of sp³-hybridized carbons (Fsp3) is 0.0833. The molecule has 92 valence electrons. The molecule has 2 aromatic rings. The molecule has 0 aliphatic heterocycles. The second-order valence-electron chi connectivity index (χ2n) is 3.58. The van der Waals surface area contributed by atoms with E-state index in [-0.39, 0.29) is 6.54 Å². The van der Waals surface area contributed by atoms with Crippen LogP contribution in [0.4, 0.5) is 4.79 Å². The Kier molecular flexibility index (Phi) is 3.70. The average Bonchev–Trinajstić information content (AvgIpc) is 2.90. The van der Waals surface area contributed by atoms with Crippen molar-refractivity contribution in [3.05, 3.63) is 54.1 Å². The van der Waals surface area contributed by atoms with Gasteiger partial charge in [0, 0.05) is 11.8 Å². The van der Waals surface area contributed by atoms with Crippen LogP contribution in [0.25, 0.3) is 0 Å². The second kappa shape index (κ2) is 5.62. The van der Waals surface area contributed by atoms with Crippen LogP contribution in [-0.4, -0.2) is 21.9 Å². The van der Waals surface area contributed by atoms with Gasteiger partial charge in [0.2, 0.25) is 0 Å². The average molecular weight is 244 g/mol. The van der Waals surface area contributed by atoms with Crippen molar-refractivity contribution in [1.82, 2.24) is 20.6 Å². The molecule has 1 heterocycles. The molecule has 0 unspecified atom stereocenters. The fourth-order valence-electron chi connectivity index (χ4n) is 1.37. The van der Waals surface area contributed by atoms with E-state index in [0.717, 1.165) is 5.69 Å². The van der Waals surface area contributed by atoms with Crippen molar-refractivity contribution in [2.75, 3.05) is 0 Å². The summed E-state index contributed by atoms with van der Waals surface area (Å²) in [6.07, 6.45) is 3.11. The van der Waals surface area contributed by atoms with E-state index in [2.05, 4.69) is 20.6 Å². The van der Waals surface area contributed by atoms with Gasteiger partial charge in [0.05, 0.1) is 18.6 Å². The number of carbonyl (C=O) groups excluding carboxylic acids is 2. The zero-order chi connectivity index (χ0) is 12.8. The fourth-order valence-corrected chi connectivity index (χ4v) is 1.37. The Bertz CT molecular complexity index is 522. The first kappa shape index (κ1) is 11.8. The van der Waals surface area contributed by atoms with Gasteiger partial charge in [0.15, 0.2) is 0 Å². The SMILES string of the molecule is O=C(NCc1cnc[nH]1)NC(=O)c1ccccc1. The van der Waals surface area contributed by atoms with Crippen LogP contribution in [0.3, 0.4) is 0 Å². The maximum atomic E-state index is 11.6. The minimum absolute atomic E-state index is 0.286. The van der Waals surface area contributed by atoms with Gasteiger partial charge in [0.1, 0.15) is 0 Å². The zero-order valence-electron chi connectivity index (χ0n) is 9.51. The third-order valence-electron chi connectivity index (χ3n) is 2.26. The Labute approximate surface area is 103 Å². The Morgan fingerprint density at radius 3 is 2.67 bits per heavy atom. The van der Waals surface area contributed by atoms with Gasteiger partial charge < -0.3 is 10.3 Å². The predicted molar refractivity (Wildman–Crippen MR) is 64.7 cm³/mol. The summed E-state index contributed by atoms with van der Waals surface area (Å²) >= 11 is 0. The number of aromatic amines is 1. The number of amides is 3. The van der Waals surface area contributed by atoms with Crippen molar-refractivity contribution >= 4 is 11.9 Å². The number of imidazole rings is 1. The highest BCUT2D eigenvalue weighted by Crippen LogP contribution is 1.97. The number of carbonyl (C=O) groups is 2. The van der Waals surface area contributed by atoms with Crippen LogP contribution >= 0.6 is 0 Å². The number of urea groups is 1. The van der Waals surface area contributed by atoms with Crippen molar-refractivity contribution in [2.45, 2.75) is 6.54 Å². The zero-order valence-corrected chi connectivity index (χ0v) is 9.51. The Morgan fingerprint density at radius 1 is 1.22 bits per heavy atom. The summed E-state index contributed by atoms with van der Waals surface area (Å²) in [6.45, 7) is 0.286. The summed E-state index contributed by atoms with van der Waals surface area (Å²) < 4.78 is 0. The summed E-state index contributed by atoms with van der Waals surface area (Å²) in [4.78, 5) is 29.7. The molecule has 0 saturated carbocycles. The van der Waals surface area contributed by atoms with Crippen LogP contribution in [0.1, 0.15) is 16.1 Å². The molecule has 0 bridgehead atoms. The predicted octanol–water partition coefficient (Wildman–Crippen LogP) is 1.05. The van der Waals surface area contributed by atoms with Crippen LogP contribution in [0.5, 0.6) is 0 Å². The van der Waals surface area contributed by atoms with Gasteiger partial charge in [-0.25, -0.2) is 9.78 Å². The van der Waals surface area contributed by atoms with Crippen LogP contribution in [0, 0.1) is 0 Å². The molecular formula is C12H12N4O2. The first-order valence-electron chi connectivity index (χ1n) is 5.37. The number of aromatic nitrogens is 2.